The summed E-state index contributed by atoms with van der Waals surface area (Å²) in [5.74, 6) is 0. The minimum Gasteiger partial charge on any atom is -0.324 e. The van der Waals surface area contributed by atoms with Gasteiger partial charge in [0.2, 0.25) is 0 Å². The van der Waals surface area contributed by atoms with Gasteiger partial charge in [-0.05, 0) is 66.8 Å². The number of nitrogens with zero attached hydrogens (tertiary/aromatic N) is 1. The molecule has 1 atom stereocenters. The Kier molecular flexibility index (Phi) is 4.82. The van der Waals surface area contributed by atoms with Crippen LogP contribution in [0.1, 0.15) is 67.6 Å². The van der Waals surface area contributed by atoms with Crippen molar-refractivity contribution in [3.63, 3.8) is 0 Å². The van der Waals surface area contributed by atoms with Crippen molar-refractivity contribution in [2.24, 2.45) is 5.73 Å². The van der Waals surface area contributed by atoms with Gasteiger partial charge in [0.05, 0.1) is 5.69 Å². The molecule has 2 aromatic rings. The Morgan fingerprint density at radius 1 is 1.04 bits per heavy atom. The first-order valence-electron chi connectivity index (χ1n) is 9.08. The highest BCUT2D eigenvalue weighted by molar-refractivity contribution is 5.69. The van der Waals surface area contributed by atoms with Gasteiger partial charge >= 0.3 is 0 Å². The second-order valence-electron chi connectivity index (χ2n) is 6.54. The van der Waals surface area contributed by atoms with E-state index in [-0.39, 0.29) is 6.04 Å². The molecule has 2 nitrogen and oxygen atoms in total. The number of aryl methyl sites for hydroxylation is 4. The summed E-state index contributed by atoms with van der Waals surface area (Å²) in [6.45, 7) is 6.69. The van der Waals surface area contributed by atoms with E-state index in [4.69, 9.17) is 10.7 Å². The van der Waals surface area contributed by atoms with Crippen molar-refractivity contribution < 1.29 is 0 Å². The van der Waals surface area contributed by atoms with Crippen LogP contribution in [0.25, 0.3) is 11.3 Å². The van der Waals surface area contributed by atoms with E-state index >= 15 is 0 Å². The normalized spacial score (nSPS) is 17.1. The van der Waals surface area contributed by atoms with Crippen molar-refractivity contribution in [3.05, 3.63) is 52.2 Å². The maximum Gasteiger partial charge on any atom is 0.0713 e. The summed E-state index contributed by atoms with van der Waals surface area (Å²) in [6.07, 6.45) is 6.43. The molecule has 23 heavy (non-hydrogen) atoms. The molecular formula is C21H28N2. The number of nitrogens with two attached hydrogens (primary N) is 1. The number of benzene rings is 1. The fraction of sp³-hybridized carbons (Fsp3) is 0.476. The Labute approximate surface area is 140 Å². The molecule has 0 bridgehead atoms. The van der Waals surface area contributed by atoms with Crippen LogP contribution in [-0.2, 0) is 25.7 Å². The van der Waals surface area contributed by atoms with Gasteiger partial charge in [0.15, 0.2) is 0 Å². The Morgan fingerprint density at radius 2 is 1.70 bits per heavy atom. The first kappa shape index (κ1) is 16.2. The molecule has 0 saturated heterocycles. The number of fused-ring (bicyclic) bond motifs is 1. The number of hydrogen-bond acceptors (Lipinski definition) is 2. The van der Waals surface area contributed by atoms with Crippen molar-refractivity contribution in [3.8, 4) is 11.3 Å². The van der Waals surface area contributed by atoms with Gasteiger partial charge in [0, 0.05) is 17.3 Å². The van der Waals surface area contributed by atoms with Crippen LogP contribution in [0.15, 0.2) is 24.3 Å². The van der Waals surface area contributed by atoms with E-state index < -0.39 is 0 Å². The topological polar surface area (TPSA) is 38.9 Å². The van der Waals surface area contributed by atoms with Crippen molar-refractivity contribution in [2.45, 2.75) is 65.3 Å². The predicted octanol–water partition coefficient (Wildman–Crippen LogP) is 4.77. The molecule has 0 aliphatic heterocycles. The van der Waals surface area contributed by atoms with Crippen LogP contribution in [0.5, 0.6) is 0 Å². The zero-order valence-electron chi connectivity index (χ0n) is 14.7. The van der Waals surface area contributed by atoms with Crippen LogP contribution < -0.4 is 5.73 Å². The van der Waals surface area contributed by atoms with Gasteiger partial charge in [-0.2, -0.15) is 0 Å². The minimum absolute atomic E-state index is 0.169. The van der Waals surface area contributed by atoms with Crippen molar-refractivity contribution in [1.29, 1.82) is 0 Å². The largest absolute Gasteiger partial charge is 0.324 e. The van der Waals surface area contributed by atoms with Crippen LogP contribution >= 0.6 is 0 Å². The van der Waals surface area contributed by atoms with Crippen LogP contribution in [0, 0.1) is 0 Å². The van der Waals surface area contributed by atoms with Gasteiger partial charge in [-0.1, -0.05) is 39.0 Å². The highest BCUT2D eigenvalue weighted by atomic mass is 14.8. The number of hydrogen-bond donors (Lipinski definition) is 1. The third kappa shape index (κ3) is 2.92. The van der Waals surface area contributed by atoms with Crippen LogP contribution in [-0.4, -0.2) is 4.98 Å². The fourth-order valence-electron chi connectivity index (χ4n) is 3.93. The summed E-state index contributed by atoms with van der Waals surface area (Å²) in [5, 5.41) is 0. The second-order valence-corrected chi connectivity index (χ2v) is 6.54. The van der Waals surface area contributed by atoms with E-state index in [9.17, 15) is 0 Å². The van der Waals surface area contributed by atoms with E-state index in [2.05, 4.69) is 45.0 Å². The maximum absolute atomic E-state index is 6.38. The Hall–Kier alpha value is -1.67. The standard InChI is InChI=1S/C21H28N2/c1-4-14-9-7-10-15(5-2)20(14)19-13-16(6-3)21-17(22)11-8-12-18(21)23-19/h7,9-10,13,17H,4-6,8,11-12,22H2,1-3H3. The minimum atomic E-state index is 0.169. The second kappa shape index (κ2) is 6.84. The van der Waals surface area contributed by atoms with Gasteiger partial charge in [0.25, 0.3) is 0 Å². The fourth-order valence-corrected chi connectivity index (χ4v) is 3.93. The summed E-state index contributed by atoms with van der Waals surface area (Å²) in [6, 6.07) is 9.13. The molecule has 0 amide bonds. The van der Waals surface area contributed by atoms with E-state index in [1.807, 2.05) is 0 Å². The van der Waals surface area contributed by atoms with Crippen LogP contribution in [0.2, 0.25) is 0 Å². The van der Waals surface area contributed by atoms with Crippen molar-refractivity contribution in [1.82, 2.24) is 4.98 Å². The first-order valence-corrected chi connectivity index (χ1v) is 9.08. The predicted molar refractivity (Wildman–Crippen MR) is 97.7 cm³/mol. The Bertz CT molecular complexity index is 664. The lowest BCUT2D eigenvalue weighted by Crippen LogP contribution is -2.21. The zero-order valence-corrected chi connectivity index (χ0v) is 14.7. The molecule has 0 fully saturated rings. The molecule has 1 unspecified atom stereocenters. The lowest BCUT2D eigenvalue weighted by atomic mass is 9.85. The van der Waals surface area contributed by atoms with E-state index in [1.165, 1.54) is 33.5 Å². The van der Waals surface area contributed by atoms with Crippen molar-refractivity contribution in [2.75, 3.05) is 0 Å². The first-order chi connectivity index (χ1) is 11.2. The van der Waals surface area contributed by atoms with Gasteiger partial charge < -0.3 is 5.73 Å². The smallest absolute Gasteiger partial charge is 0.0713 e. The van der Waals surface area contributed by atoms with Gasteiger partial charge in [0.1, 0.15) is 0 Å². The van der Waals surface area contributed by atoms with Crippen LogP contribution in [0.3, 0.4) is 0 Å². The molecule has 2 N–H and O–H groups in total. The Balaban J connectivity index is 2.22. The third-order valence-electron chi connectivity index (χ3n) is 5.16. The molecule has 1 heterocycles. The molecule has 1 aromatic carbocycles. The molecule has 3 rings (SSSR count). The van der Waals surface area contributed by atoms with Gasteiger partial charge in [-0.3, -0.25) is 4.98 Å². The van der Waals surface area contributed by atoms with E-state index in [1.54, 1.807) is 0 Å². The maximum atomic E-state index is 6.38. The summed E-state index contributed by atoms with van der Waals surface area (Å²) in [4.78, 5) is 5.08. The number of pyridine rings is 1. The lowest BCUT2D eigenvalue weighted by molar-refractivity contribution is 0.555. The molecule has 0 saturated carbocycles. The number of aromatic nitrogens is 1. The number of rotatable bonds is 4. The molecule has 1 aromatic heterocycles. The van der Waals surface area contributed by atoms with Crippen LogP contribution in [0.4, 0.5) is 0 Å². The molecule has 1 aliphatic rings. The van der Waals surface area contributed by atoms with Gasteiger partial charge in [-0.25, -0.2) is 0 Å². The summed E-state index contributed by atoms with van der Waals surface area (Å²) < 4.78 is 0. The molecule has 2 heteroatoms. The van der Waals surface area contributed by atoms with Crippen molar-refractivity contribution >= 4 is 0 Å². The molecular weight excluding hydrogens is 280 g/mol. The zero-order chi connectivity index (χ0) is 16.4. The quantitative estimate of drug-likeness (QED) is 0.883. The third-order valence-corrected chi connectivity index (χ3v) is 5.16. The SMILES string of the molecule is CCc1cccc(CC)c1-c1cc(CC)c2c(n1)CCCC2N. The molecule has 0 radical (unpaired) electrons. The average Bonchev–Trinajstić information content (AvgIpc) is 2.60. The molecule has 122 valence electrons. The summed E-state index contributed by atoms with van der Waals surface area (Å²) in [5.41, 5.74) is 15.7. The Morgan fingerprint density at radius 3 is 2.30 bits per heavy atom. The lowest BCUT2D eigenvalue weighted by Gasteiger charge is -2.26. The highest BCUT2D eigenvalue weighted by Crippen LogP contribution is 2.35. The molecule has 1 aliphatic carbocycles. The van der Waals surface area contributed by atoms with E-state index in [0.29, 0.717) is 0 Å². The highest BCUT2D eigenvalue weighted by Gasteiger charge is 2.23. The monoisotopic (exact) mass is 308 g/mol. The average molecular weight is 308 g/mol. The summed E-state index contributed by atoms with van der Waals surface area (Å²) >= 11 is 0. The summed E-state index contributed by atoms with van der Waals surface area (Å²) in [7, 11) is 0. The molecule has 0 spiro atoms. The van der Waals surface area contributed by atoms with E-state index in [0.717, 1.165) is 44.2 Å². The van der Waals surface area contributed by atoms with Gasteiger partial charge in [-0.15, -0.1) is 0 Å².